The Morgan fingerprint density at radius 3 is 1.50 bits per heavy atom. The first-order valence-corrected chi connectivity index (χ1v) is 17.7. The SMILES string of the molecule is CO/C(O[Si](C)(C)C)=C(/C)CN([Si](C)(C)C)[Si](C)(C)C. The van der Waals surface area contributed by atoms with Gasteiger partial charge in [0.15, 0.2) is 0 Å². The fourth-order valence-corrected chi connectivity index (χ4v) is 12.7. The average molecular weight is 334 g/mol. The van der Waals surface area contributed by atoms with Crippen molar-refractivity contribution in [2.45, 2.75) is 65.8 Å². The molecule has 0 atom stereocenters. The van der Waals surface area contributed by atoms with Gasteiger partial charge < -0.3 is 13.4 Å². The van der Waals surface area contributed by atoms with Crippen LogP contribution in [0.4, 0.5) is 0 Å². The largest absolute Gasteiger partial charge is 0.520 e. The minimum Gasteiger partial charge on any atom is -0.520 e. The van der Waals surface area contributed by atoms with Gasteiger partial charge in [-0.25, -0.2) is 0 Å². The first-order chi connectivity index (χ1) is 8.68. The van der Waals surface area contributed by atoms with E-state index < -0.39 is 24.8 Å². The summed E-state index contributed by atoms with van der Waals surface area (Å²) in [5, 5.41) is 0. The summed E-state index contributed by atoms with van der Waals surface area (Å²) in [5.74, 6) is 0.741. The van der Waals surface area contributed by atoms with E-state index in [0.29, 0.717) is 0 Å². The molecule has 0 saturated carbocycles. The predicted molar refractivity (Wildman–Crippen MR) is 97.5 cm³/mol. The fraction of sp³-hybridized carbons (Fsp3) is 0.857. The molecule has 0 spiro atoms. The molecule has 0 aromatic carbocycles. The van der Waals surface area contributed by atoms with Crippen molar-refractivity contribution < 1.29 is 9.16 Å². The van der Waals surface area contributed by atoms with Gasteiger partial charge in [-0.05, 0) is 26.6 Å². The Bertz CT molecular complexity index is 335. The van der Waals surface area contributed by atoms with E-state index in [1.807, 2.05) is 0 Å². The molecule has 0 aliphatic heterocycles. The zero-order valence-electron chi connectivity index (χ0n) is 15.5. The Hall–Kier alpha value is -0.0494. The summed E-state index contributed by atoms with van der Waals surface area (Å²) in [6.45, 7) is 24.2. The van der Waals surface area contributed by atoms with E-state index >= 15 is 0 Å². The van der Waals surface area contributed by atoms with Crippen molar-refractivity contribution in [1.82, 2.24) is 4.23 Å². The summed E-state index contributed by atoms with van der Waals surface area (Å²) in [6, 6.07) is 0. The quantitative estimate of drug-likeness (QED) is 0.498. The van der Waals surface area contributed by atoms with Crippen LogP contribution >= 0.6 is 0 Å². The summed E-state index contributed by atoms with van der Waals surface area (Å²) in [4.78, 5) is 0. The molecule has 0 rings (SSSR count). The molecule has 0 aromatic rings. The normalized spacial score (nSPS) is 15.2. The smallest absolute Gasteiger partial charge is 0.265 e. The van der Waals surface area contributed by atoms with Gasteiger partial charge in [-0.1, -0.05) is 39.3 Å². The molecule has 0 aliphatic carbocycles. The van der Waals surface area contributed by atoms with Crippen LogP contribution in [0.15, 0.2) is 11.5 Å². The Balaban J connectivity index is 5.30. The Morgan fingerprint density at radius 2 is 1.25 bits per heavy atom. The van der Waals surface area contributed by atoms with Gasteiger partial charge in [0.1, 0.15) is 16.5 Å². The van der Waals surface area contributed by atoms with Crippen LogP contribution in [0.1, 0.15) is 6.92 Å². The first kappa shape index (κ1) is 20.0. The van der Waals surface area contributed by atoms with Gasteiger partial charge in [0, 0.05) is 12.1 Å². The van der Waals surface area contributed by atoms with E-state index in [4.69, 9.17) is 9.16 Å². The van der Waals surface area contributed by atoms with Gasteiger partial charge in [0.25, 0.3) is 5.95 Å². The molecule has 0 fully saturated rings. The second-order valence-electron chi connectivity index (χ2n) is 8.41. The highest BCUT2D eigenvalue weighted by Crippen LogP contribution is 2.23. The van der Waals surface area contributed by atoms with Crippen molar-refractivity contribution >= 4 is 24.8 Å². The van der Waals surface area contributed by atoms with Crippen LogP contribution in [-0.4, -0.2) is 42.7 Å². The van der Waals surface area contributed by atoms with Crippen molar-refractivity contribution in [3.63, 3.8) is 0 Å². The molecular formula is C14H35NO2Si3. The maximum atomic E-state index is 6.08. The van der Waals surface area contributed by atoms with Gasteiger partial charge in [-0.3, -0.25) is 0 Å². The third-order valence-corrected chi connectivity index (χ3v) is 11.3. The van der Waals surface area contributed by atoms with Gasteiger partial charge in [0.05, 0.1) is 7.11 Å². The molecule has 0 saturated heterocycles. The van der Waals surface area contributed by atoms with Gasteiger partial charge >= 0.3 is 0 Å². The summed E-state index contributed by atoms with van der Waals surface area (Å²) in [6.07, 6.45) is 0. The maximum absolute atomic E-state index is 6.08. The molecule has 20 heavy (non-hydrogen) atoms. The van der Waals surface area contributed by atoms with E-state index in [2.05, 4.69) is 70.1 Å². The number of rotatable bonds is 7. The standard InChI is InChI=1S/C14H35NO2Si3/c1-13(14(16-2)17-20(9,10)11)12-15(18(3,4)5)19(6,7)8/h12H2,1-11H3/b14-13+. The zero-order valence-corrected chi connectivity index (χ0v) is 18.5. The lowest BCUT2D eigenvalue weighted by Crippen LogP contribution is -2.59. The second-order valence-corrected chi connectivity index (χ2v) is 23.1. The van der Waals surface area contributed by atoms with Crippen molar-refractivity contribution in [2.75, 3.05) is 13.7 Å². The maximum Gasteiger partial charge on any atom is 0.265 e. The Kier molecular flexibility index (Phi) is 6.79. The molecule has 0 aromatic heterocycles. The number of hydrogen-bond donors (Lipinski definition) is 0. The Labute approximate surface area is 129 Å². The van der Waals surface area contributed by atoms with Crippen LogP contribution in [0.5, 0.6) is 0 Å². The number of hydrogen-bond acceptors (Lipinski definition) is 3. The van der Waals surface area contributed by atoms with E-state index in [-0.39, 0.29) is 0 Å². The molecule has 0 unspecified atom stereocenters. The molecule has 0 N–H and O–H groups in total. The van der Waals surface area contributed by atoms with Gasteiger partial charge in [-0.15, -0.1) is 0 Å². The van der Waals surface area contributed by atoms with E-state index in [1.54, 1.807) is 7.11 Å². The molecule has 0 amide bonds. The third-order valence-electron chi connectivity index (χ3n) is 2.95. The van der Waals surface area contributed by atoms with Crippen molar-refractivity contribution in [2.24, 2.45) is 0 Å². The summed E-state index contributed by atoms with van der Waals surface area (Å²) >= 11 is 0. The van der Waals surface area contributed by atoms with E-state index in [9.17, 15) is 0 Å². The van der Waals surface area contributed by atoms with Gasteiger partial charge in [-0.2, -0.15) is 0 Å². The van der Waals surface area contributed by atoms with Crippen LogP contribution in [0.25, 0.3) is 0 Å². The molecule has 6 heteroatoms. The van der Waals surface area contributed by atoms with Crippen LogP contribution in [-0.2, 0) is 9.16 Å². The molecule has 0 aliphatic rings. The third kappa shape index (κ3) is 7.10. The van der Waals surface area contributed by atoms with Crippen LogP contribution in [0.3, 0.4) is 0 Å². The second kappa shape index (κ2) is 6.81. The van der Waals surface area contributed by atoms with Crippen LogP contribution in [0.2, 0.25) is 58.9 Å². The van der Waals surface area contributed by atoms with Crippen molar-refractivity contribution in [1.29, 1.82) is 0 Å². The minimum absolute atomic E-state index is 0.741. The lowest BCUT2D eigenvalue weighted by molar-refractivity contribution is 0.140. The highest BCUT2D eigenvalue weighted by molar-refractivity contribution is 6.89. The first-order valence-electron chi connectivity index (χ1n) is 7.39. The molecule has 0 heterocycles. The van der Waals surface area contributed by atoms with Crippen molar-refractivity contribution in [3.05, 3.63) is 11.5 Å². The molecule has 0 radical (unpaired) electrons. The van der Waals surface area contributed by atoms with Crippen LogP contribution < -0.4 is 0 Å². The Morgan fingerprint density at radius 1 is 0.850 bits per heavy atom. The van der Waals surface area contributed by atoms with Crippen LogP contribution in [0, 0.1) is 0 Å². The molecule has 120 valence electrons. The molecular weight excluding hydrogens is 298 g/mol. The highest BCUT2D eigenvalue weighted by atomic mass is 28.4. The lowest BCUT2D eigenvalue weighted by atomic mass is 10.3. The number of methoxy groups -OCH3 is 1. The number of ether oxygens (including phenoxy) is 1. The van der Waals surface area contributed by atoms with E-state index in [1.165, 1.54) is 5.57 Å². The fourth-order valence-electron chi connectivity index (χ4n) is 2.36. The van der Waals surface area contributed by atoms with Crippen molar-refractivity contribution in [3.8, 4) is 0 Å². The lowest BCUT2D eigenvalue weighted by Gasteiger charge is -2.44. The summed E-state index contributed by atoms with van der Waals surface area (Å²) in [7, 11) is -2.59. The molecule has 3 nitrogen and oxygen atoms in total. The van der Waals surface area contributed by atoms with Gasteiger partial charge in [0.2, 0.25) is 8.32 Å². The highest BCUT2D eigenvalue weighted by Gasteiger charge is 2.35. The van der Waals surface area contributed by atoms with E-state index in [0.717, 1.165) is 12.5 Å². The summed E-state index contributed by atoms with van der Waals surface area (Å²) in [5.41, 5.74) is 1.22. The molecule has 0 bridgehead atoms. The number of nitrogens with zero attached hydrogens (tertiary/aromatic N) is 1. The topological polar surface area (TPSA) is 21.7 Å². The average Bonchev–Trinajstić information content (AvgIpc) is 2.17. The predicted octanol–water partition coefficient (Wildman–Crippen LogP) is 4.69. The zero-order chi connectivity index (χ0) is 16.4. The minimum atomic E-state index is -1.63. The monoisotopic (exact) mass is 333 g/mol. The summed E-state index contributed by atoms with van der Waals surface area (Å²) < 4.78 is 14.3.